The fourth-order valence-electron chi connectivity index (χ4n) is 2.97. The van der Waals surface area contributed by atoms with Crippen LogP contribution >= 0.6 is 0 Å². The van der Waals surface area contributed by atoms with Gasteiger partial charge in [-0.25, -0.2) is 4.98 Å². The number of aryl methyl sites for hydroxylation is 2. The third kappa shape index (κ3) is 2.66. The molecule has 0 fully saturated rings. The Balaban J connectivity index is 2.21. The third-order valence-electron chi connectivity index (χ3n) is 4.47. The molecule has 2 aromatic carbocycles. The van der Waals surface area contributed by atoms with E-state index >= 15 is 0 Å². The maximum Gasteiger partial charge on any atom is 0.141 e. The van der Waals surface area contributed by atoms with Gasteiger partial charge < -0.3 is 4.57 Å². The summed E-state index contributed by atoms with van der Waals surface area (Å²) >= 11 is 0. The molecule has 0 amide bonds. The van der Waals surface area contributed by atoms with Crippen LogP contribution in [0.15, 0.2) is 42.5 Å². The van der Waals surface area contributed by atoms with Crippen molar-refractivity contribution in [2.45, 2.75) is 40.7 Å². The fraction of sp³-hybridized carbons (Fsp3) is 0.350. The zero-order valence-corrected chi connectivity index (χ0v) is 13.9. The van der Waals surface area contributed by atoms with Crippen molar-refractivity contribution in [2.75, 3.05) is 0 Å². The SMILES string of the molecule is CCC(C)Cn1c(-c2ccc(C)cc2C)nc2ccccc21. The maximum absolute atomic E-state index is 4.92. The number of rotatable bonds is 4. The van der Waals surface area contributed by atoms with Gasteiger partial charge in [-0.2, -0.15) is 0 Å². The van der Waals surface area contributed by atoms with E-state index in [4.69, 9.17) is 4.98 Å². The number of aromatic nitrogens is 2. The second-order valence-electron chi connectivity index (χ2n) is 6.37. The standard InChI is InChI=1S/C20H24N2/c1-5-14(2)13-22-19-9-7-6-8-18(19)21-20(22)17-11-10-15(3)12-16(17)4/h6-12,14H,5,13H2,1-4H3. The lowest BCUT2D eigenvalue weighted by Crippen LogP contribution is -2.08. The summed E-state index contributed by atoms with van der Waals surface area (Å²) in [6.07, 6.45) is 1.18. The van der Waals surface area contributed by atoms with Crippen molar-refractivity contribution < 1.29 is 0 Å². The lowest BCUT2D eigenvalue weighted by Gasteiger charge is -2.15. The molecule has 3 aromatic rings. The molecule has 0 radical (unpaired) electrons. The Morgan fingerprint density at radius 3 is 2.59 bits per heavy atom. The van der Waals surface area contributed by atoms with Crippen LogP contribution in [-0.4, -0.2) is 9.55 Å². The second-order valence-corrected chi connectivity index (χ2v) is 6.37. The van der Waals surface area contributed by atoms with Crippen LogP contribution in [0.3, 0.4) is 0 Å². The van der Waals surface area contributed by atoms with E-state index in [1.165, 1.54) is 28.6 Å². The Morgan fingerprint density at radius 2 is 1.86 bits per heavy atom. The number of benzene rings is 2. The molecule has 0 saturated heterocycles. The van der Waals surface area contributed by atoms with Crippen molar-refractivity contribution in [3.8, 4) is 11.4 Å². The predicted molar refractivity (Wildman–Crippen MR) is 94.1 cm³/mol. The zero-order chi connectivity index (χ0) is 15.7. The topological polar surface area (TPSA) is 17.8 Å². The van der Waals surface area contributed by atoms with Crippen LogP contribution in [0.2, 0.25) is 0 Å². The number of hydrogen-bond acceptors (Lipinski definition) is 1. The van der Waals surface area contributed by atoms with Gasteiger partial charge in [-0.15, -0.1) is 0 Å². The van der Waals surface area contributed by atoms with Gasteiger partial charge in [0.2, 0.25) is 0 Å². The molecule has 22 heavy (non-hydrogen) atoms. The Morgan fingerprint density at radius 1 is 1.09 bits per heavy atom. The minimum Gasteiger partial charge on any atom is -0.324 e. The number of para-hydroxylation sites is 2. The van der Waals surface area contributed by atoms with Crippen LogP contribution in [-0.2, 0) is 6.54 Å². The van der Waals surface area contributed by atoms with Crippen LogP contribution < -0.4 is 0 Å². The molecule has 0 aliphatic carbocycles. The molecule has 1 aromatic heterocycles. The number of nitrogens with zero attached hydrogens (tertiary/aromatic N) is 2. The van der Waals surface area contributed by atoms with Gasteiger partial charge in [-0.3, -0.25) is 0 Å². The summed E-state index contributed by atoms with van der Waals surface area (Å²) in [4.78, 5) is 4.92. The van der Waals surface area contributed by atoms with Crippen molar-refractivity contribution in [3.05, 3.63) is 53.6 Å². The van der Waals surface area contributed by atoms with Gasteiger partial charge in [0.25, 0.3) is 0 Å². The van der Waals surface area contributed by atoms with Crippen LogP contribution in [0, 0.1) is 19.8 Å². The molecule has 2 nitrogen and oxygen atoms in total. The molecule has 0 saturated carbocycles. The maximum atomic E-state index is 4.92. The van der Waals surface area contributed by atoms with Gasteiger partial charge >= 0.3 is 0 Å². The molecule has 1 heterocycles. The van der Waals surface area contributed by atoms with E-state index in [9.17, 15) is 0 Å². The quantitative estimate of drug-likeness (QED) is 0.632. The highest BCUT2D eigenvalue weighted by molar-refractivity contribution is 5.81. The van der Waals surface area contributed by atoms with Gasteiger partial charge in [0.15, 0.2) is 0 Å². The number of imidazole rings is 1. The van der Waals surface area contributed by atoms with E-state index in [-0.39, 0.29) is 0 Å². The van der Waals surface area contributed by atoms with E-state index in [1.807, 2.05) is 0 Å². The highest BCUT2D eigenvalue weighted by atomic mass is 15.1. The monoisotopic (exact) mass is 292 g/mol. The Labute approximate surface area is 132 Å². The van der Waals surface area contributed by atoms with Crippen LogP contribution in [0.1, 0.15) is 31.4 Å². The van der Waals surface area contributed by atoms with Crippen molar-refractivity contribution in [1.82, 2.24) is 9.55 Å². The normalized spacial score (nSPS) is 12.7. The Kier molecular flexibility index (Phi) is 4.02. The summed E-state index contributed by atoms with van der Waals surface area (Å²) in [5.41, 5.74) is 6.15. The lowest BCUT2D eigenvalue weighted by molar-refractivity contribution is 0.478. The van der Waals surface area contributed by atoms with E-state index in [1.54, 1.807) is 0 Å². The van der Waals surface area contributed by atoms with E-state index in [0.717, 1.165) is 17.9 Å². The Hall–Kier alpha value is -2.09. The summed E-state index contributed by atoms with van der Waals surface area (Å²) in [6.45, 7) is 9.88. The molecular formula is C20H24N2. The molecule has 2 heteroatoms. The smallest absolute Gasteiger partial charge is 0.141 e. The first kappa shape index (κ1) is 14.8. The van der Waals surface area contributed by atoms with Gasteiger partial charge in [0.1, 0.15) is 5.82 Å². The molecule has 0 N–H and O–H groups in total. The lowest BCUT2D eigenvalue weighted by atomic mass is 10.0. The number of hydrogen-bond donors (Lipinski definition) is 0. The summed E-state index contributed by atoms with van der Waals surface area (Å²) in [7, 11) is 0. The van der Waals surface area contributed by atoms with E-state index in [0.29, 0.717) is 5.92 Å². The second kappa shape index (κ2) is 5.96. The molecule has 0 spiro atoms. The first-order chi connectivity index (χ1) is 10.6. The highest BCUT2D eigenvalue weighted by Crippen LogP contribution is 2.29. The molecule has 0 aliphatic rings. The zero-order valence-electron chi connectivity index (χ0n) is 13.9. The minimum atomic E-state index is 0.641. The van der Waals surface area contributed by atoms with Gasteiger partial charge in [0.05, 0.1) is 11.0 Å². The Bertz CT molecular complexity index is 799. The summed E-state index contributed by atoms with van der Waals surface area (Å²) in [5.74, 6) is 1.74. The predicted octanol–water partition coefficient (Wildman–Crippen LogP) is 5.37. The van der Waals surface area contributed by atoms with Crippen molar-refractivity contribution in [3.63, 3.8) is 0 Å². The van der Waals surface area contributed by atoms with Gasteiger partial charge in [-0.1, -0.05) is 56.2 Å². The van der Waals surface area contributed by atoms with Crippen molar-refractivity contribution >= 4 is 11.0 Å². The number of fused-ring (bicyclic) bond motifs is 1. The molecule has 1 atom stereocenters. The fourth-order valence-corrected chi connectivity index (χ4v) is 2.97. The summed E-state index contributed by atoms with van der Waals surface area (Å²) in [6, 6.07) is 15.1. The largest absolute Gasteiger partial charge is 0.324 e. The summed E-state index contributed by atoms with van der Waals surface area (Å²) < 4.78 is 2.39. The first-order valence-electron chi connectivity index (χ1n) is 8.13. The molecule has 0 bridgehead atoms. The average molecular weight is 292 g/mol. The third-order valence-corrected chi connectivity index (χ3v) is 4.47. The van der Waals surface area contributed by atoms with E-state index < -0.39 is 0 Å². The molecule has 114 valence electrons. The van der Waals surface area contributed by atoms with E-state index in [2.05, 4.69) is 74.7 Å². The van der Waals surface area contributed by atoms with Crippen molar-refractivity contribution in [1.29, 1.82) is 0 Å². The van der Waals surface area contributed by atoms with Gasteiger partial charge in [0, 0.05) is 12.1 Å². The molecule has 1 unspecified atom stereocenters. The minimum absolute atomic E-state index is 0.641. The molecule has 0 aliphatic heterocycles. The summed E-state index contributed by atoms with van der Waals surface area (Å²) in [5, 5.41) is 0. The average Bonchev–Trinajstić information content (AvgIpc) is 2.86. The molecular weight excluding hydrogens is 268 g/mol. The van der Waals surface area contributed by atoms with Crippen LogP contribution in [0.4, 0.5) is 0 Å². The van der Waals surface area contributed by atoms with Gasteiger partial charge in [-0.05, 0) is 37.5 Å². The highest BCUT2D eigenvalue weighted by Gasteiger charge is 2.15. The van der Waals surface area contributed by atoms with Crippen molar-refractivity contribution in [2.24, 2.45) is 5.92 Å². The molecule has 3 rings (SSSR count). The van der Waals surface area contributed by atoms with Crippen LogP contribution in [0.5, 0.6) is 0 Å². The van der Waals surface area contributed by atoms with Crippen LogP contribution in [0.25, 0.3) is 22.4 Å². The first-order valence-corrected chi connectivity index (χ1v) is 8.13.